The van der Waals surface area contributed by atoms with Gasteiger partial charge in [-0.1, -0.05) is 13.8 Å². The van der Waals surface area contributed by atoms with Gasteiger partial charge in [0.1, 0.15) is 6.04 Å². The Morgan fingerprint density at radius 1 is 1.42 bits per heavy atom. The lowest BCUT2D eigenvalue weighted by Gasteiger charge is -2.21. The summed E-state index contributed by atoms with van der Waals surface area (Å²) < 4.78 is 5.57. The van der Waals surface area contributed by atoms with Crippen LogP contribution in [0.2, 0.25) is 0 Å². The second-order valence-corrected chi connectivity index (χ2v) is 5.82. The first-order valence-corrected chi connectivity index (χ1v) is 7.24. The van der Waals surface area contributed by atoms with Gasteiger partial charge in [0.05, 0.1) is 6.61 Å². The topological polar surface area (TPSA) is 61.8 Å². The Kier molecular flexibility index (Phi) is 7.34. The van der Waals surface area contributed by atoms with Gasteiger partial charge in [-0.25, -0.2) is 0 Å². The predicted octanol–water partition coefficient (Wildman–Crippen LogP) is 1.19. The Labute approximate surface area is 116 Å². The fraction of sp³-hybridized carbons (Fsp3) is 0.929. The average Bonchev–Trinajstić information content (AvgIpc) is 3.13. The molecular weight excluding hydrogens is 244 g/mol. The van der Waals surface area contributed by atoms with E-state index in [-0.39, 0.29) is 6.04 Å². The monoisotopic (exact) mass is 272 g/mol. The number of nitrogens with zero attached hydrogens (tertiary/aromatic N) is 1. The Balaban J connectivity index is 2.07. The number of carboxylic acids is 1. The minimum atomic E-state index is -0.771. The summed E-state index contributed by atoms with van der Waals surface area (Å²) in [6.45, 7) is 7.18. The number of nitrogens with one attached hydrogen (secondary N) is 1. The van der Waals surface area contributed by atoms with E-state index in [0.717, 1.165) is 32.2 Å². The smallest absolute Gasteiger partial charge is 0.320 e. The number of carbonyl (C=O) groups is 1. The number of hydrogen-bond donors (Lipinski definition) is 2. The number of rotatable bonds is 11. The number of aliphatic carboxylic acids is 1. The molecule has 0 saturated heterocycles. The zero-order valence-corrected chi connectivity index (χ0v) is 12.4. The first-order valence-electron chi connectivity index (χ1n) is 7.24. The molecule has 2 N–H and O–H groups in total. The Morgan fingerprint density at radius 2 is 2.11 bits per heavy atom. The molecule has 0 amide bonds. The third kappa shape index (κ3) is 8.18. The third-order valence-electron chi connectivity index (χ3n) is 3.30. The summed E-state index contributed by atoms with van der Waals surface area (Å²) in [5.74, 6) is 0.0315. The van der Waals surface area contributed by atoms with Crippen LogP contribution in [-0.4, -0.2) is 61.4 Å². The molecule has 0 bridgehead atoms. The van der Waals surface area contributed by atoms with Gasteiger partial charge in [-0.15, -0.1) is 0 Å². The summed E-state index contributed by atoms with van der Waals surface area (Å²) in [6.07, 6.45) is 3.25. The van der Waals surface area contributed by atoms with Crippen molar-refractivity contribution < 1.29 is 14.6 Å². The highest BCUT2D eigenvalue weighted by molar-refractivity contribution is 5.73. The van der Waals surface area contributed by atoms with Gasteiger partial charge in [-0.2, -0.15) is 0 Å². The highest BCUT2D eigenvalue weighted by Crippen LogP contribution is 2.28. The number of carboxylic acid groups (broad SMARTS) is 1. The lowest BCUT2D eigenvalue weighted by Crippen LogP contribution is -2.43. The average molecular weight is 272 g/mol. The van der Waals surface area contributed by atoms with Crippen LogP contribution in [0.1, 0.15) is 33.1 Å². The zero-order chi connectivity index (χ0) is 14.3. The highest BCUT2D eigenvalue weighted by Gasteiger charge is 2.21. The molecule has 0 aromatic rings. The highest BCUT2D eigenvalue weighted by atomic mass is 16.5. The Bertz CT molecular complexity index is 267. The summed E-state index contributed by atoms with van der Waals surface area (Å²) in [5.41, 5.74) is 0. The van der Waals surface area contributed by atoms with Crippen molar-refractivity contribution in [1.82, 2.24) is 10.2 Å². The van der Waals surface area contributed by atoms with Crippen molar-refractivity contribution in [3.05, 3.63) is 0 Å². The normalized spacial score (nSPS) is 17.1. The summed E-state index contributed by atoms with van der Waals surface area (Å²) in [6, 6.07) is -0.275. The predicted molar refractivity (Wildman–Crippen MR) is 75.4 cm³/mol. The standard InChI is InChI=1S/C14H28N2O3/c1-11(2)15-13(14(17)18)6-7-16(3)8-9-19-10-12-4-5-12/h11-13,15H,4-10H2,1-3H3,(H,17,18). The fourth-order valence-electron chi connectivity index (χ4n) is 1.90. The molecule has 0 aliphatic heterocycles. The van der Waals surface area contributed by atoms with Crippen LogP contribution >= 0.6 is 0 Å². The molecular formula is C14H28N2O3. The van der Waals surface area contributed by atoms with E-state index in [4.69, 9.17) is 9.84 Å². The summed E-state index contributed by atoms with van der Waals surface area (Å²) >= 11 is 0. The first kappa shape index (κ1) is 16.4. The largest absolute Gasteiger partial charge is 0.480 e. The van der Waals surface area contributed by atoms with E-state index in [1.807, 2.05) is 20.9 Å². The molecule has 112 valence electrons. The molecule has 19 heavy (non-hydrogen) atoms. The van der Waals surface area contributed by atoms with E-state index < -0.39 is 12.0 Å². The molecule has 0 spiro atoms. The van der Waals surface area contributed by atoms with Crippen molar-refractivity contribution in [3.8, 4) is 0 Å². The van der Waals surface area contributed by atoms with Crippen LogP contribution < -0.4 is 5.32 Å². The van der Waals surface area contributed by atoms with Crippen LogP contribution in [0.4, 0.5) is 0 Å². The lowest BCUT2D eigenvalue weighted by molar-refractivity contribution is -0.139. The maximum absolute atomic E-state index is 11.1. The SMILES string of the molecule is CC(C)NC(CCN(C)CCOCC1CC1)C(=O)O. The van der Waals surface area contributed by atoms with E-state index in [1.54, 1.807) is 0 Å². The van der Waals surface area contributed by atoms with Gasteiger partial charge < -0.3 is 20.1 Å². The second kappa shape index (κ2) is 8.51. The zero-order valence-electron chi connectivity index (χ0n) is 12.4. The second-order valence-electron chi connectivity index (χ2n) is 5.82. The van der Waals surface area contributed by atoms with Gasteiger partial charge in [0.15, 0.2) is 0 Å². The van der Waals surface area contributed by atoms with Crippen molar-refractivity contribution in [2.45, 2.75) is 45.2 Å². The molecule has 1 saturated carbocycles. The van der Waals surface area contributed by atoms with Crippen LogP contribution in [-0.2, 0) is 9.53 Å². The number of hydrogen-bond acceptors (Lipinski definition) is 4. The molecule has 0 radical (unpaired) electrons. The molecule has 5 heteroatoms. The van der Waals surface area contributed by atoms with Crippen molar-refractivity contribution in [3.63, 3.8) is 0 Å². The quantitative estimate of drug-likeness (QED) is 0.553. The van der Waals surface area contributed by atoms with E-state index in [1.165, 1.54) is 12.8 Å². The van der Waals surface area contributed by atoms with Crippen molar-refractivity contribution in [2.75, 3.05) is 33.4 Å². The van der Waals surface area contributed by atoms with Crippen LogP contribution in [0.5, 0.6) is 0 Å². The minimum Gasteiger partial charge on any atom is -0.480 e. The molecule has 1 aliphatic rings. The molecule has 1 aliphatic carbocycles. The van der Waals surface area contributed by atoms with E-state index in [2.05, 4.69) is 10.2 Å². The van der Waals surface area contributed by atoms with Crippen LogP contribution in [0.15, 0.2) is 0 Å². The molecule has 0 aromatic heterocycles. The van der Waals surface area contributed by atoms with Crippen LogP contribution in [0, 0.1) is 5.92 Å². The van der Waals surface area contributed by atoms with Crippen molar-refractivity contribution in [1.29, 1.82) is 0 Å². The molecule has 1 fully saturated rings. The van der Waals surface area contributed by atoms with Crippen molar-refractivity contribution in [2.24, 2.45) is 5.92 Å². The number of ether oxygens (including phenoxy) is 1. The molecule has 1 atom stereocenters. The molecule has 0 heterocycles. The van der Waals surface area contributed by atoms with E-state index in [0.29, 0.717) is 6.42 Å². The number of likely N-dealkylation sites (N-methyl/N-ethyl adjacent to an activating group) is 1. The van der Waals surface area contributed by atoms with Gasteiger partial charge in [0.2, 0.25) is 0 Å². The van der Waals surface area contributed by atoms with Gasteiger partial charge in [-0.05, 0) is 38.8 Å². The lowest BCUT2D eigenvalue weighted by atomic mass is 10.2. The Morgan fingerprint density at radius 3 is 2.63 bits per heavy atom. The maximum Gasteiger partial charge on any atom is 0.320 e. The maximum atomic E-state index is 11.1. The minimum absolute atomic E-state index is 0.188. The van der Waals surface area contributed by atoms with Crippen LogP contribution in [0.3, 0.4) is 0 Å². The van der Waals surface area contributed by atoms with Gasteiger partial charge in [0, 0.05) is 19.2 Å². The summed E-state index contributed by atoms with van der Waals surface area (Å²) in [5, 5.41) is 12.2. The molecule has 5 nitrogen and oxygen atoms in total. The molecule has 0 aromatic carbocycles. The van der Waals surface area contributed by atoms with Crippen LogP contribution in [0.25, 0.3) is 0 Å². The van der Waals surface area contributed by atoms with Gasteiger partial charge in [0.25, 0.3) is 0 Å². The van der Waals surface area contributed by atoms with Gasteiger partial charge in [-0.3, -0.25) is 4.79 Å². The van der Waals surface area contributed by atoms with Gasteiger partial charge >= 0.3 is 5.97 Å². The first-order chi connectivity index (χ1) is 8.99. The fourth-order valence-corrected chi connectivity index (χ4v) is 1.90. The summed E-state index contributed by atoms with van der Waals surface area (Å²) in [4.78, 5) is 13.2. The summed E-state index contributed by atoms with van der Waals surface area (Å²) in [7, 11) is 2.01. The van der Waals surface area contributed by atoms with Crippen molar-refractivity contribution >= 4 is 5.97 Å². The third-order valence-corrected chi connectivity index (χ3v) is 3.30. The van der Waals surface area contributed by atoms with E-state index >= 15 is 0 Å². The van der Waals surface area contributed by atoms with E-state index in [9.17, 15) is 4.79 Å². The molecule has 1 unspecified atom stereocenters. The molecule has 1 rings (SSSR count). The Hall–Kier alpha value is -0.650.